The number of carbonyl (C=O) groups is 1. The lowest BCUT2D eigenvalue weighted by molar-refractivity contribution is -0.189. The van der Waals surface area contributed by atoms with Gasteiger partial charge in [-0.05, 0) is 54.7 Å². The number of alkyl halides is 3. The third kappa shape index (κ3) is 5.22. The number of nitrogens with zero attached hydrogens (tertiary/aromatic N) is 1. The summed E-state index contributed by atoms with van der Waals surface area (Å²) in [5.41, 5.74) is 2.82. The monoisotopic (exact) mass is 497 g/mol. The van der Waals surface area contributed by atoms with E-state index < -0.39 is 28.0 Å². The predicted molar refractivity (Wildman–Crippen MR) is 119 cm³/mol. The molecule has 0 aliphatic carbocycles. The van der Waals surface area contributed by atoms with Gasteiger partial charge >= 0.3 is 6.18 Å². The van der Waals surface area contributed by atoms with Crippen LogP contribution >= 0.6 is 0 Å². The molecule has 2 aliphatic rings. The lowest BCUT2D eigenvalue weighted by atomic mass is 9.91. The quantitative estimate of drug-likeness (QED) is 0.610. The summed E-state index contributed by atoms with van der Waals surface area (Å²) in [5, 5.41) is 0. The molecule has 0 bridgehead atoms. The fourth-order valence-corrected chi connectivity index (χ4v) is 4.90. The minimum atomic E-state index is -4.64. The summed E-state index contributed by atoms with van der Waals surface area (Å²) in [5.74, 6) is -0.606. The SMILES string of the molecule is C[C@H](Oc1ccc(S(C)(=O)=O)cc1C(=O)N1Cc2ccc(C3CCCOC3)cc2C1)C(F)(F)F. The van der Waals surface area contributed by atoms with E-state index in [2.05, 4.69) is 6.07 Å². The number of amides is 1. The summed E-state index contributed by atoms with van der Waals surface area (Å²) in [6.07, 6.45) is -3.82. The first-order valence-electron chi connectivity index (χ1n) is 11.0. The maximum Gasteiger partial charge on any atom is 0.425 e. The lowest BCUT2D eigenvalue weighted by Crippen LogP contribution is -2.32. The Kier molecular flexibility index (Phi) is 6.65. The van der Waals surface area contributed by atoms with Crippen LogP contribution in [0.4, 0.5) is 13.2 Å². The van der Waals surface area contributed by atoms with Crippen LogP contribution in [-0.2, 0) is 27.7 Å². The summed E-state index contributed by atoms with van der Waals surface area (Å²) in [4.78, 5) is 14.7. The van der Waals surface area contributed by atoms with Crippen LogP contribution < -0.4 is 4.74 Å². The van der Waals surface area contributed by atoms with E-state index in [-0.39, 0.29) is 29.3 Å². The van der Waals surface area contributed by atoms with Gasteiger partial charge in [-0.3, -0.25) is 4.79 Å². The molecule has 2 aromatic carbocycles. The highest BCUT2D eigenvalue weighted by Gasteiger charge is 2.39. The molecule has 10 heteroatoms. The summed E-state index contributed by atoms with van der Waals surface area (Å²) in [7, 11) is -3.69. The molecule has 2 aliphatic heterocycles. The molecule has 2 atom stereocenters. The molecular formula is C24H26F3NO5S. The maximum atomic E-state index is 13.4. The summed E-state index contributed by atoms with van der Waals surface area (Å²) in [6.45, 7) is 2.78. The first kappa shape index (κ1) is 24.5. The van der Waals surface area contributed by atoms with Gasteiger partial charge in [-0.2, -0.15) is 13.2 Å². The van der Waals surface area contributed by atoms with Crippen LogP contribution in [-0.4, -0.2) is 51.0 Å². The van der Waals surface area contributed by atoms with E-state index in [9.17, 15) is 26.4 Å². The van der Waals surface area contributed by atoms with Gasteiger partial charge in [0.15, 0.2) is 15.9 Å². The van der Waals surface area contributed by atoms with Gasteiger partial charge in [0.2, 0.25) is 0 Å². The minimum Gasteiger partial charge on any atom is -0.480 e. The molecule has 0 spiro atoms. The van der Waals surface area contributed by atoms with Crippen molar-refractivity contribution in [3.05, 3.63) is 58.7 Å². The summed E-state index contributed by atoms with van der Waals surface area (Å²) >= 11 is 0. The third-order valence-corrected chi connectivity index (χ3v) is 7.36. The van der Waals surface area contributed by atoms with Crippen molar-refractivity contribution < 1.29 is 35.9 Å². The van der Waals surface area contributed by atoms with Crippen LogP contribution in [0.1, 0.15) is 52.7 Å². The average molecular weight is 498 g/mol. The molecule has 34 heavy (non-hydrogen) atoms. The van der Waals surface area contributed by atoms with Crippen molar-refractivity contribution in [1.82, 2.24) is 4.90 Å². The predicted octanol–water partition coefficient (Wildman–Crippen LogP) is 4.47. The van der Waals surface area contributed by atoms with Gasteiger partial charge in [0, 0.05) is 31.9 Å². The topological polar surface area (TPSA) is 72.9 Å². The number of halogens is 3. The van der Waals surface area contributed by atoms with Gasteiger partial charge in [0.25, 0.3) is 5.91 Å². The van der Waals surface area contributed by atoms with Crippen molar-refractivity contribution in [2.24, 2.45) is 0 Å². The first-order valence-corrected chi connectivity index (χ1v) is 12.9. The second-order valence-electron chi connectivity index (χ2n) is 8.84. The Bertz CT molecular complexity index is 1190. The Balaban J connectivity index is 1.61. The molecule has 1 fully saturated rings. The number of sulfone groups is 1. The highest BCUT2D eigenvalue weighted by atomic mass is 32.2. The molecule has 0 aromatic heterocycles. The van der Waals surface area contributed by atoms with Gasteiger partial charge in [-0.1, -0.05) is 18.2 Å². The summed E-state index contributed by atoms with van der Waals surface area (Å²) in [6, 6.07) is 9.37. The maximum absolute atomic E-state index is 13.4. The number of fused-ring (bicyclic) bond motifs is 1. The van der Waals surface area contributed by atoms with Gasteiger partial charge in [-0.25, -0.2) is 8.42 Å². The molecule has 2 heterocycles. The normalized spacial score (nSPS) is 19.6. The zero-order valence-corrected chi connectivity index (χ0v) is 19.7. The number of hydrogen-bond donors (Lipinski definition) is 0. The van der Waals surface area contributed by atoms with Crippen LogP contribution in [0.2, 0.25) is 0 Å². The second-order valence-corrected chi connectivity index (χ2v) is 10.9. The molecule has 1 unspecified atom stereocenters. The Morgan fingerprint density at radius 2 is 1.88 bits per heavy atom. The first-order chi connectivity index (χ1) is 15.9. The summed E-state index contributed by atoms with van der Waals surface area (Å²) < 4.78 is 73.9. The zero-order valence-electron chi connectivity index (χ0n) is 18.9. The van der Waals surface area contributed by atoms with E-state index in [1.54, 1.807) is 0 Å². The van der Waals surface area contributed by atoms with Crippen LogP contribution in [0.5, 0.6) is 5.75 Å². The molecule has 6 nitrogen and oxygen atoms in total. The van der Waals surface area contributed by atoms with Crippen LogP contribution in [0.3, 0.4) is 0 Å². The standard InChI is InChI=1S/C24H26F3NO5S/c1-15(24(25,26)27)33-22-8-7-20(34(2,30)31)11-21(22)23(29)28-12-17-6-5-16(10-19(17)13-28)18-4-3-9-32-14-18/h5-8,10-11,15,18H,3-4,9,12-14H2,1-2H3/t15-,18?/m0/s1. The largest absolute Gasteiger partial charge is 0.480 e. The van der Waals surface area contributed by atoms with E-state index in [0.29, 0.717) is 12.5 Å². The number of benzene rings is 2. The molecule has 1 saturated heterocycles. The van der Waals surface area contributed by atoms with Gasteiger partial charge in [0.05, 0.1) is 17.1 Å². The van der Waals surface area contributed by atoms with E-state index in [1.165, 1.54) is 4.90 Å². The van der Waals surface area contributed by atoms with Crippen LogP contribution in [0.25, 0.3) is 0 Å². The van der Waals surface area contributed by atoms with Crippen molar-refractivity contribution in [3.63, 3.8) is 0 Å². The van der Waals surface area contributed by atoms with E-state index in [4.69, 9.17) is 9.47 Å². The number of hydrogen-bond acceptors (Lipinski definition) is 5. The minimum absolute atomic E-state index is 0.167. The Morgan fingerprint density at radius 3 is 2.53 bits per heavy atom. The third-order valence-electron chi connectivity index (χ3n) is 6.25. The number of carbonyl (C=O) groups excluding carboxylic acids is 1. The highest BCUT2D eigenvalue weighted by Crippen LogP contribution is 2.34. The highest BCUT2D eigenvalue weighted by molar-refractivity contribution is 7.90. The van der Waals surface area contributed by atoms with Crippen LogP contribution in [0, 0.1) is 0 Å². The van der Waals surface area contributed by atoms with Crippen molar-refractivity contribution >= 4 is 15.7 Å². The molecule has 0 N–H and O–H groups in total. The molecule has 4 rings (SSSR count). The van der Waals surface area contributed by atoms with Crippen molar-refractivity contribution in [2.45, 2.75) is 55.9 Å². The van der Waals surface area contributed by atoms with Gasteiger partial charge in [0.1, 0.15) is 5.75 Å². The zero-order chi connectivity index (χ0) is 24.7. The van der Waals surface area contributed by atoms with E-state index in [1.807, 2.05) is 12.1 Å². The smallest absolute Gasteiger partial charge is 0.425 e. The van der Waals surface area contributed by atoms with Gasteiger partial charge in [-0.15, -0.1) is 0 Å². The van der Waals surface area contributed by atoms with Crippen molar-refractivity contribution in [3.8, 4) is 5.75 Å². The second kappa shape index (κ2) is 9.22. The number of rotatable bonds is 5. The molecular weight excluding hydrogens is 471 g/mol. The number of ether oxygens (including phenoxy) is 2. The molecule has 2 aromatic rings. The fourth-order valence-electron chi connectivity index (χ4n) is 4.25. The Morgan fingerprint density at radius 1 is 1.15 bits per heavy atom. The molecule has 184 valence electrons. The Labute approximate surface area is 196 Å². The van der Waals surface area contributed by atoms with Crippen molar-refractivity contribution in [1.29, 1.82) is 0 Å². The lowest BCUT2D eigenvalue weighted by Gasteiger charge is -2.23. The molecule has 0 saturated carbocycles. The molecule has 0 radical (unpaired) electrons. The van der Waals surface area contributed by atoms with Crippen LogP contribution in [0.15, 0.2) is 41.3 Å². The van der Waals surface area contributed by atoms with E-state index >= 15 is 0 Å². The Hall–Kier alpha value is -2.59. The van der Waals surface area contributed by atoms with E-state index in [0.717, 1.165) is 67.5 Å². The van der Waals surface area contributed by atoms with Crippen molar-refractivity contribution in [2.75, 3.05) is 19.5 Å². The molecule has 1 amide bonds. The average Bonchev–Trinajstić information content (AvgIpc) is 3.21. The fraction of sp³-hybridized carbons (Fsp3) is 0.458. The van der Waals surface area contributed by atoms with Gasteiger partial charge < -0.3 is 14.4 Å².